The second-order valence-corrected chi connectivity index (χ2v) is 5.96. The van der Waals surface area contributed by atoms with Gasteiger partial charge in [-0.3, -0.25) is 0 Å². The van der Waals surface area contributed by atoms with Gasteiger partial charge in [-0.25, -0.2) is 4.79 Å². The number of hydrogen-bond donors (Lipinski definition) is 4. The van der Waals surface area contributed by atoms with Gasteiger partial charge in [0, 0.05) is 17.3 Å². The molecule has 5 nitrogen and oxygen atoms in total. The zero-order valence-corrected chi connectivity index (χ0v) is 13.0. The first kappa shape index (κ1) is 16.1. The minimum absolute atomic E-state index is 0.250. The molecule has 0 saturated carbocycles. The van der Waals surface area contributed by atoms with E-state index in [1.165, 1.54) is 0 Å². The van der Waals surface area contributed by atoms with Gasteiger partial charge in [0.05, 0.1) is 5.60 Å². The Morgan fingerprint density at radius 3 is 3.05 bits per heavy atom. The highest BCUT2D eigenvalue weighted by Crippen LogP contribution is 2.23. The van der Waals surface area contributed by atoms with Crippen molar-refractivity contribution in [3.8, 4) is 0 Å². The standard InChI is InChI=1S/C15H22ClN3O2/c1-11-12(16)4-2-5-13(11)19-14(20)18-10-15(21)6-3-8-17-9-7-15/h2,4-5,17,21H,3,6-10H2,1H3,(H2,18,19,20). The lowest BCUT2D eigenvalue weighted by molar-refractivity contribution is 0.0312. The number of carbonyl (C=O) groups excluding carboxylic acids is 1. The maximum Gasteiger partial charge on any atom is 0.319 e. The van der Waals surface area contributed by atoms with Gasteiger partial charge in [-0.05, 0) is 57.0 Å². The topological polar surface area (TPSA) is 73.4 Å². The Hall–Kier alpha value is -1.30. The summed E-state index contributed by atoms with van der Waals surface area (Å²) in [7, 11) is 0. The third kappa shape index (κ3) is 4.59. The van der Waals surface area contributed by atoms with Crippen molar-refractivity contribution in [2.45, 2.75) is 31.8 Å². The molecule has 0 radical (unpaired) electrons. The van der Waals surface area contributed by atoms with E-state index in [4.69, 9.17) is 11.6 Å². The molecule has 1 heterocycles. The number of aliphatic hydroxyl groups is 1. The number of nitrogens with one attached hydrogen (secondary N) is 3. The van der Waals surface area contributed by atoms with Crippen molar-refractivity contribution in [2.24, 2.45) is 0 Å². The van der Waals surface area contributed by atoms with Crippen LogP contribution >= 0.6 is 11.6 Å². The Labute approximate surface area is 130 Å². The highest BCUT2D eigenvalue weighted by molar-refractivity contribution is 6.31. The Morgan fingerprint density at radius 2 is 2.24 bits per heavy atom. The Morgan fingerprint density at radius 1 is 1.43 bits per heavy atom. The molecule has 4 N–H and O–H groups in total. The second-order valence-electron chi connectivity index (χ2n) is 5.55. The van der Waals surface area contributed by atoms with Gasteiger partial charge < -0.3 is 21.1 Å². The van der Waals surface area contributed by atoms with Gasteiger partial charge in [0.2, 0.25) is 0 Å². The quantitative estimate of drug-likeness (QED) is 0.692. The van der Waals surface area contributed by atoms with E-state index in [0.717, 1.165) is 25.1 Å². The van der Waals surface area contributed by atoms with Crippen molar-refractivity contribution >= 4 is 23.3 Å². The number of urea groups is 1. The van der Waals surface area contributed by atoms with Crippen molar-refractivity contribution in [1.82, 2.24) is 10.6 Å². The van der Waals surface area contributed by atoms with Gasteiger partial charge >= 0.3 is 6.03 Å². The van der Waals surface area contributed by atoms with Crippen molar-refractivity contribution in [1.29, 1.82) is 0 Å². The van der Waals surface area contributed by atoms with E-state index >= 15 is 0 Å². The van der Waals surface area contributed by atoms with Gasteiger partial charge in [0.1, 0.15) is 0 Å². The van der Waals surface area contributed by atoms with Crippen LogP contribution in [0.15, 0.2) is 18.2 Å². The maximum atomic E-state index is 12.0. The van der Waals surface area contributed by atoms with Gasteiger partial charge in [0.25, 0.3) is 0 Å². The number of hydrogen-bond acceptors (Lipinski definition) is 3. The average molecular weight is 312 g/mol. The summed E-state index contributed by atoms with van der Waals surface area (Å²) in [5, 5.41) is 19.8. The predicted molar refractivity (Wildman–Crippen MR) is 84.9 cm³/mol. The number of halogens is 1. The van der Waals surface area contributed by atoms with Crippen LogP contribution in [0.3, 0.4) is 0 Å². The van der Waals surface area contributed by atoms with E-state index in [1.807, 2.05) is 6.92 Å². The molecule has 1 aromatic rings. The van der Waals surface area contributed by atoms with Crippen molar-refractivity contribution in [2.75, 3.05) is 25.0 Å². The molecule has 1 saturated heterocycles. The van der Waals surface area contributed by atoms with Crippen LogP contribution in [0.4, 0.5) is 10.5 Å². The Balaban J connectivity index is 1.88. The summed E-state index contributed by atoms with van der Waals surface area (Å²) in [6.45, 7) is 3.78. The second kappa shape index (κ2) is 7.11. The molecule has 0 bridgehead atoms. The van der Waals surface area contributed by atoms with Crippen LogP contribution in [0, 0.1) is 6.92 Å². The molecular formula is C15H22ClN3O2. The van der Waals surface area contributed by atoms with Crippen molar-refractivity contribution in [3.05, 3.63) is 28.8 Å². The van der Waals surface area contributed by atoms with E-state index in [2.05, 4.69) is 16.0 Å². The number of carbonyl (C=O) groups is 1. The summed E-state index contributed by atoms with van der Waals surface area (Å²) >= 11 is 6.02. The van der Waals surface area contributed by atoms with E-state index in [-0.39, 0.29) is 12.6 Å². The molecule has 1 unspecified atom stereocenters. The van der Waals surface area contributed by atoms with Crippen LogP contribution in [-0.2, 0) is 0 Å². The van der Waals surface area contributed by atoms with Crippen molar-refractivity contribution in [3.63, 3.8) is 0 Å². The van der Waals surface area contributed by atoms with E-state index in [1.54, 1.807) is 18.2 Å². The molecule has 2 amide bonds. The first-order valence-corrected chi connectivity index (χ1v) is 7.61. The van der Waals surface area contributed by atoms with E-state index in [9.17, 15) is 9.90 Å². The van der Waals surface area contributed by atoms with E-state index < -0.39 is 5.60 Å². The van der Waals surface area contributed by atoms with Gasteiger partial charge in [-0.2, -0.15) is 0 Å². The van der Waals surface area contributed by atoms with Gasteiger partial charge in [-0.1, -0.05) is 17.7 Å². The summed E-state index contributed by atoms with van der Waals surface area (Å²) in [6.07, 6.45) is 2.24. The largest absolute Gasteiger partial charge is 0.388 e. The molecule has 1 aromatic carbocycles. The lowest BCUT2D eigenvalue weighted by Gasteiger charge is -2.26. The summed E-state index contributed by atoms with van der Waals surface area (Å²) < 4.78 is 0. The molecule has 116 valence electrons. The van der Waals surface area contributed by atoms with Crippen LogP contribution in [0.5, 0.6) is 0 Å². The minimum Gasteiger partial charge on any atom is -0.388 e. The lowest BCUT2D eigenvalue weighted by atomic mass is 9.95. The van der Waals surface area contributed by atoms with Crippen LogP contribution in [-0.4, -0.2) is 36.4 Å². The maximum absolute atomic E-state index is 12.0. The SMILES string of the molecule is Cc1c(Cl)cccc1NC(=O)NCC1(O)CCCNCC1. The highest BCUT2D eigenvalue weighted by Gasteiger charge is 2.28. The third-order valence-corrected chi connectivity index (χ3v) is 4.27. The highest BCUT2D eigenvalue weighted by atomic mass is 35.5. The zero-order valence-electron chi connectivity index (χ0n) is 12.2. The normalized spacial score (nSPS) is 22.4. The lowest BCUT2D eigenvalue weighted by Crippen LogP contribution is -2.44. The zero-order chi connectivity index (χ0) is 15.3. The molecule has 1 fully saturated rings. The van der Waals surface area contributed by atoms with Crippen LogP contribution in [0.1, 0.15) is 24.8 Å². The summed E-state index contributed by atoms with van der Waals surface area (Å²) in [6, 6.07) is 5.04. The molecule has 0 spiro atoms. The number of rotatable bonds is 3. The molecular weight excluding hydrogens is 290 g/mol. The molecule has 1 atom stereocenters. The number of benzene rings is 1. The van der Waals surface area contributed by atoms with Gasteiger partial charge in [0.15, 0.2) is 0 Å². The fourth-order valence-electron chi connectivity index (χ4n) is 2.44. The molecule has 21 heavy (non-hydrogen) atoms. The van der Waals surface area contributed by atoms with Gasteiger partial charge in [-0.15, -0.1) is 0 Å². The predicted octanol–water partition coefficient (Wildman–Crippen LogP) is 2.27. The fraction of sp³-hybridized carbons (Fsp3) is 0.533. The fourth-order valence-corrected chi connectivity index (χ4v) is 2.62. The molecule has 0 aromatic heterocycles. The molecule has 1 aliphatic rings. The molecule has 6 heteroatoms. The molecule has 0 aliphatic carbocycles. The van der Waals surface area contributed by atoms with Crippen LogP contribution in [0.25, 0.3) is 0 Å². The Bertz CT molecular complexity index is 500. The Kier molecular flexibility index (Phi) is 5.45. The van der Waals surface area contributed by atoms with Crippen LogP contribution < -0.4 is 16.0 Å². The third-order valence-electron chi connectivity index (χ3n) is 3.86. The number of amides is 2. The first-order chi connectivity index (χ1) is 10.0. The van der Waals surface area contributed by atoms with Crippen molar-refractivity contribution < 1.29 is 9.90 Å². The van der Waals surface area contributed by atoms with Crippen LogP contribution in [0.2, 0.25) is 5.02 Å². The average Bonchev–Trinajstić information content (AvgIpc) is 2.67. The van der Waals surface area contributed by atoms with E-state index in [0.29, 0.717) is 23.6 Å². The number of anilines is 1. The summed E-state index contributed by atoms with van der Waals surface area (Å²) in [5.41, 5.74) is 0.672. The minimum atomic E-state index is -0.829. The summed E-state index contributed by atoms with van der Waals surface area (Å²) in [5.74, 6) is 0. The first-order valence-electron chi connectivity index (χ1n) is 7.23. The monoisotopic (exact) mass is 311 g/mol. The molecule has 1 aliphatic heterocycles. The summed E-state index contributed by atoms with van der Waals surface area (Å²) in [4.78, 5) is 12.0. The smallest absolute Gasteiger partial charge is 0.319 e. The molecule has 2 rings (SSSR count).